The molecule has 0 aliphatic heterocycles. The van der Waals surface area contributed by atoms with Gasteiger partial charge >= 0.3 is 12.3 Å². The highest BCUT2D eigenvalue weighted by atomic mass is 19.4. The third-order valence-electron chi connectivity index (χ3n) is 3.44. The van der Waals surface area contributed by atoms with Crippen molar-refractivity contribution < 1.29 is 27.8 Å². The van der Waals surface area contributed by atoms with E-state index in [1.54, 1.807) is 30.3 Å². The molecule has 3 rings (SSSR count). The van der Waals surface area contributed by atoms with Crippen LogP contribution in [0.1, 0.15) is 10.5 Å². The molecule has 0 aliphatic carbocycles. The van der Waals surface area contributed by atoms with E-state index in [-0.39, 0.29) is 17.0 Å². The second-order valence-corrected chi connectivity index (χ2v) is 5.22. The summed E-state index contributed by atoms with van der Waals surface area (Å²) in [6.45, 7) is 0. The fourth-order valence-electron chi connectivity index (χ4n) is 2.37. The Morgan fingerprint density at radius 2 is 1.73 bits per heavy atom. The number of aromatic carboxylic acids is 1. The number of rotatable bonds is 4. The molecule has 5 nitrogen and oxygen atoms in total. The van der Waals surface area contributed by atoms with Crippen molar-refractivity contribution in [1.82, 2.24) is 9.97 Å². The number of benzene rings is 2. The van der Waals surface area contributed by atoms with Crippen molar-refractivity contribution in [1.29, 1.82) is 0 Å². The molecule has 0 atom stereocenters. The van der Waals surface area contributed by atoms with Gasteiger partial charge in [0, 0.05) is 11.1 Å². The van der Waals surface area contributed by atoms with Crippen LogP contribution in [0.4, 0.5) is 13.2 Å². The minimum atomic E-state index is -4.81. The number of carboxylic acid groups (broad SMARTS) is 1. The topological polar surface area (TPSA) is 72.3 Å². The third kappa shape index (κ3) is 3.97. The first-order valence-corrected chi connectivity index (χ1v) is 7.34. The van der Waals surface area contributed by atoms with Crippen molar-refractivity contribution in [2.75, 3.05) is 0 Å². The maximum absolute atomic E-state index is 12.6. The third-order valence-corrected chi connectivity index (χ3v) is 3.44. The van der Waals surface area contributed by atoms with E-state index in [4.69, 9.17) is 5.11 Å². The number of halogens is 3. The molecule has 0 aliphatic rings. The molecule has 8 heteroatoms. The minimum Gasteiger partial charge on any atom is -0.476 e. The largest absolute Gasteiger partial charge is 0.573 e. The zero-order valence-electron chi connectivity index (χ0n) is 13.1. The predicted octanol–water partition coefficient (Wildman–Crippen LogP) is 4.41. The molecule has 3 aromatic rings. The summed E-state index contributed by atoms with van der Waals surface area (Å²) >= 11 is 0. The van der Waals surface area contributed by atoms with Gasteiger partial charge in [-0.05, 0) is 17.7 Å². The van der Waals surface area contributed by atoms with Crippen molar-refractivity contribution in [3.63, 3.8) is 0 Å². The Labute approximate surface area is 145 Å². The van der Waals surface area contributed by atoms with Gasteiger partial charge in [0.1, 0.15) is 5.75 Å². The van der Waals surface area contributed by atoms with Gasteiger partial charge in [-0.25, -0.2) is 9.78 Å². The minimum absolute atomic E-state index is 0.228. The highest BCUT2D eigenvalue weighted by molar-refractivity contribution is 5.85. The molecule has 0 spiro atoms. The highest BCUT2D eigenvalue weighted by Gasteiger charge is 2.32. The molecule has 1 heterocycles. The number of hydrogen-bond donors (Lipinski definition) is 1. The fourth-order valence-corrected chi connectivity index (χ4v) is 2.37. The maximum Gasteiger partial charge on any atom is 0.573 e. The molecule has 26 heavy (non-hydrogen) atoms. The number of aromatic nitrogens is 2. The summed E-state index contributed by atoms with van der Waals surface area (Å²) in [4.78, 5) is 18.8. The van der Waals surface area contributed by atoms with E-state index in [1.807, 2.05) is 0 Å². The van der Waals surface area contributed by atoms with E-state index in [0.717, 1.165) is 6.20 Å². The van der Waals surface area contributed by atoms with Crippen molar-refractivity contribution in [2.24, 2.45) is 0 Å². The van der Waals surface area contributed by atoms with Crippen molar-refractivity contribution >= 4 is 5.97 Å². The Balaban J connectivity index is 2.04. The zero-order chi connectivity index (χ0) is 18.7. The number of alkyl halides is 3. The van der Waals surface area contributed by atoms with Gasteiger partial charge in [0.2, 0.25) is 0 Å². The van der Waals surface area contributed by atoms with Crippen molar-refractivity contribution in [2.45, 2.75) is 6.36 Å². The number of carbonyl (C=O) groups is 1. The molecule has 0 saturated heterocycles. The van der Waals surface area contributed by atoms with Gasteiger partial charge in [0.25, 0.3) is 0 Å². The summed E-state index contributed by atoms with van der Waals surface area (Å²) in [7, 11) is 0. The van der Waals surface area contributed by atoms with Gasteiger partial charge in [-0.15, -0.1) is 13.2 Å². The maximum atomic E-state index is 12.6. The van der Waals surface area contributed by atoms with Crippen LogP contribution in [0, 0.1) is 0 Å². The average Bonchev–Trinajstić information content (AvgIpc) is 2.61. The van der Waals surface area contributed by atoms with Crippen LogP contribution in [-0.2, 0) is 0 Å². The van der Waals surface area contributed by atoms with E-state index < -0.39 is 12.3 Å². The lowest BCUT2D eigenvalue weighted by atomic mass is 10.0. The SMILES string of the molecule is O=C(O)c1cncc(-c2cccc(-c3ccccc3OC(F)(F)F)c2)n1. The standard InChI is InChI=1S/C18H11F3N2O3/c19-18(20,21)26-16-7-2-1-6-13(16)11-4-3-5-12(8-11)14-9-22-10-15(23-14)17(24)25/h1-10H,(H,24,25). The van der Waals surface area contributed by atoms with Crippen LogP contribution in [0.3, 0.4) is 0 Å². The van der Waals surface area contributed by atoms with Crippen LogP contribution in [0.15, 0.2) is 60.9 Å². The molecular weight excluding hydrogens is 349 g/mol. The molecule has 0 amide bonds. The molecule has 0 fully saturated rings. The van der Waals surface area contributed by atoms with E-state index in [0.29, 0.717) is 16.8 Å². The second-order valence-electron chi connectivity index (χ2n) is 5.22. The smallest absolute Gasteiger partial charge is 0.476 e. The van der Waals surface area contributed by atoms with Gasteiger partial charge in [-0.2, -0.15) is 0 Å². The number of hydrogen-bond acceptors (Lipinski definition) is 4. The van der Waals surface area contributed by atoms with Crippen LogP contribution in [-0.4, -0.2) is 27.4 Å². The van der Waals surface area contributed by atoms with E-state index in [2.05, 4.69) is 14.7 Å². The number of nitrogens with zero attached hydrogens (tertiary/aromatic N) is 2. The van der Waals surface area contributed by atoms with E-state index in [9.17, 15) is 18.0 Å². The lowest BCUT2D eigenvalue weighted by Gasteiger charge is -2.13. The fraction of sp³-hybridized carbons (Fsp3) is 0.0556. The number of carboxylic acids is 1. The molecular formula is C18H11F3N2O3. The van der Waals surface area contributed by atoms with Crippen LogP contribution in [0.25, 0.3) is 22.4 Å². The van der Waals surface area contributed by atoms with Crippen LogP contribution in [0.5, 0.6) is 5.75 Å². The summed E-state index contributed by atoms with van der Waals surface area (Å²) in [5.74, 6) is -1.55. The second kappa shape index (κ2) is 6.83. The Hall–Kier alpha value is -3.42. The van der Waals surface area contributed by atoms with Gasteiger partial charge in [0.15, 0.2) is 5.69 Å². The summed E-state index contributed by atoms with van der Waals surface area (Å²) in [5, 5.41) is 9.01. The summed E-state index contributed by atoms with van der Waals surface area (Å²) < 4.78 is 41.9. The number of ether oxygens (including phenoxy) is 1. The van der Waals surface area contributed by atoms with Gasteiger partial charge < -0.3 is 9.84 Å². The summed E-state index contributed by atoms with van der Waals surface area (Å²) in [5.41, 5.74) is 1.29. The van der Waals surface area contributed by atoms with Crippen LogP contribution < -0.4 is 4.74 Å². The lowest BCUT2D eigenvalue weighted by molar-refractivity contribution is -0.274. The lowest BCUT2D eigenvalue weighted by Crippen LogP contribution is -2.17. The summed E-state index contributed by atoms with van der Waals surface area (Å²) in [6.07, 6.45) is -2.32. The molecule has 0 unspecified atom stereocenters. The first kappa shape index (κ1) is 17.4. The van der Waals surface area contributed by atoms with E-state index >= 15 is 0 Å². The van der Waals surface area contributed by atoms with Crippen molar-refractivity contribution in [3.8, 4) is 28.1 Å². The quantitative estimate of drug-likeness (QED) is 0.746. The normalized spacial score (nSPS) is 11.2. The monoisotopic (exact) mass is 360 g/mol. The number of para-hydroxylation sites is 1. The molecule has 1 aromatic heterocycles. The molecule has 1 N–H and O–H groups in total. The van der Waals surface area contributed by atoms with E-state index in [1.165, 1.54) is 24.4 Å². The molecule has 2 aromatic carbocycles. The zero-order valence-corrected chi connectivity index (χ0v) is 13.1. The molecule has 0 bridgehead atoms. The Morgan fingerprint density at radius 3 is 2.46 bits per heavy atom. The first-order valence-electron chi connectivity index (χ1n) is 7.34. The molecule has 0 radical (unpaired) electrons. The van der Waals surface area contributed by atoms with Gasteiger partial charge in [-0.1, -0.05) is 36.4 Å². The Morgan fingerprint density at radius 1 is 1.00 bits per heavy atom. The Bertz CT molecular complexity index is 958. The van der Waals surface area contributed by atoms with Crippen LogP contribution in [0.2, 0.25) is 0 Å². The summed E-state index contributed by atoms with van der Waals surface area (Å²) in [6, 6.07) is 12.3. The predicted molar refractivity (Wildman–Crippen MR) is 86.5 cm³/mol. The van der Waals surface area contributed by atoms with Gasteiger partial charge in [-0.3, -0.25) is 4.98 Å². The highest BCUT2D eigenvalue weighted by Crippen LogP contribution is 2.35. The Kier molecular flexibility index (Phi) is 4.57. The first-order chi connectivity index (χ1) is 12.3. The van der Waals surface area contributed by atoms with Gasteiger partial charge in [0.05, 0.1) is 18.1 Å². The average molecular weight is 360 g/mol. The molecule has 132 valence electrons. The van der Waals surface area contributed by atoms with Crippen molar-refractivity contribution in [3.05, 3.63) is 66.6 Å². The van der Waals surface area contributed by atoms with Crippen LogP contribution >= 0.6 is 0 Å². The molecule has 0 saturated carbocycles.